The summed E-state index contributed by atoms with van der Waals surface area (Å²) < 4.78 is 12.6. The lowest BCUT2D eigenvalue weighted by atomic mass is 10.2. The number of imidazole rings is 1. The number of pyridine rings is 1. The standard InChI is InChI=1S/C18H18N4O3.CH2O2/c1-2-24-18(23)17-19-8-7-16(21-17)25-11-14-10-22-9-13(12-3-4-12)5-6-15(22)20-14;2-1-3/h5-10,12H,2-4,11H2,1H3;1H,(H,2,3). The third-order valence-corrected chi connectivity index (χ3v) is 4.03. The van der Waals surface area contributed by atoms with E-state index in [2.05, 4.69) is 27.2 Å². The summed E-state index contributed by atoms with van der Waals surface area (Å²) in [7, 11) is 0. The van der Waals surface area contributed by atoms with Crippen molar-refractivity contribution in [3.05, 3.63) is 53.9 Å². The minimum Gasteiger partial charge on any atom is -0.483 e. The molecule has 1 N–H and O–H groups in total. The van der Waals surface area contributed by atoms with Gasteiger partial charge in [-0.1, -0.05) is 6.07 Å². The Balaban J connectivity index is 0.000000706. The van der Waals surface area contributed by atoms with Crippen molar-refractivity contribution >= 4 is 18.1 Å². The molecule has 1 saturated carbocycles. The summed E-state index contributed by atoms with van der Waals surface area (Å²) in [5.74, 6) is 0.444. The largest absolute Gasteiger partial charge is 0.483 e. The van der Waals surface area contributed by atoms with E-state index in [-0.39, 0.29) is 25.5 Å². The van der Waals surface area contributed by atoms with Gasteiger partial charge < -0.3 is 19.0 Å². The van der Waals surface area contributed by atoms with Crippen LogP contribution in [0.5, 0.6) is 5.88 Å². The Kier molecular flexibility index (Phi) is 6.15. The summed E-state index contributed by atoms with van der Waals surface area (Å²) in [6, 6.07) is 5.77. The summed E-state index contributed by atoms with van der Waals surface area (Å²) in [6.07, 6.45) is 8.10. The van der Waals surface area contributed by atoms with Crippen molar-refractivity contribution < 1.29 is 24.2 Å². The molecular weight excluding hydrogens is 364 g/mol. The van der Waals surface area contributed by atoms with Crippen LogP contribution in [0.2, 0.25) is 0 Å². The predicted molar refractivity (Wildman–Crippen MR) is 98.2 cm³/mol. The molecule has 0 spiro atoms. The van der Waals surface area contributed by atoms with Crippen molar-refractivity contribution in [2.24, 2.45) is 0 Å². The van der Waals surface area contributed by atoms with Gasteiger partial charge in [-0.3, -0.25) is 4.79 Å². The fourth-order valence-electron chi connectivity index (χ4n) is 2.65. The average molecular weight is 384 g/mol. The normalized spacial score (nSPS) is 12.8. The van der Waals surface area contributed by atoms with Crippen LogP contribution in [-0.2, 0) is 16.1 Å². The van der Waals surface area contributed by atoms with E-state index in [0.717, 1.165) is 11.3 Å². The molecular formula is C19H20N4O5. The molecule has 0 bridgehead atoms. The van der Waals surface area contributed by atoms with E-state index in [0.29, 0.717) is 11.8 Å². The van der Waals surface area contributed by atoms with E-state index >= 15 is 0 Å². The fraction of sp³-hybridized carbons (Fsp3) is 0.316. The van der Waals surface area contributed by atoms with Crippen LogP contribution in [0.4, 0.5) is 0 Å². The second-order valence-corrected chi connectivity index (χ2v) is 6.07. The third-order valence-electron chi connectivity index (χ3n) is 4.03. The van der Waals surface area contributed by atoms with Gasteiger partial charge in [-0.2, -0.15) is 4.98 Å². The van der Waals surface area contributed by atoms with E-state index in [1.54, 1.807) is 13.0 Å². The number of carbonyl (C=O) groups excluding carboxylic acids is 1. The van der Waals surface area contributed by atoms with E-state index in [1.165, 1.54) is 24.6 Å². The Hall–Kier alpha value is -3.49. The molecule has 1 aliphatic rings. The molecule has 0 atom stereocenters. The Morgan fingerprint density at radius 2 is 2.07 bits per heavy atom. The lowest BCUT2D eigenvalue weighted by molar-refractivity contribution is -0.122. The highest BCUT2D eigenvalue weighted by atomic mass is 16.5. The second-order valence-electron chi connectivity index (χ2n) is 6.07. The van der Waals surface area contributed by atoms with E-state index in [1.807, 2.05) is 16.7 Å². The summed E-state index contributed by atoms with van der Waals surface area (Å²) >= 11 is 0. The van der Waals surface area contributed by atoms with Crippen molar-refractivity contribution in [2.45, 2.75) is 32.3 Å². The highest BCUT2D eigenvalue weighted by Gasteiger charge is 2.23. The summed E-state index contributed by atoms with van der Waals surface area (Å²) in [5.41, 5.74) is 3.04. The number of hydrogen-bond acceptors (Lipinski definition) is 7. The topological polar surface area (TPSA) is 116 Å². The van der Waals surface area contributed by atoms with Gasteiger partial charge in [0.1, 0.15) is 12.3 Å². The molecule has 3 aromatic rings. The average Bonchev–Trinajstić information content (AvgIpc) is 3.47. The van der Waals surface area contributed by atoms with E-state index in [4.69, 9.17) is 19.4 Å². The first-order valence-electron chi connectivity index (χ1n) is 8.83. The van der Waals surface area contributed by atoms with Crippen LogP contribution in [-0.4, -0.2) is 43.5 Å². The zero-order valence-electron chi connectivity index (χ0n) is 15.3. The summed E-state index contributed by atoms with van der Waals surface area (Å²) in [5, 5.41) is 6.89. The van der Waals surface area contributed by atoms with Gasteiger partial charge in [-0.25, -0.2) is 14.8 Å². The van der Waals surface area contributed by atoms with Crippen LogP contribution in [0.3, 0.4) is 0 Å². The Bertz CT molecular complexity index is 968. The van der Waals surface area contributed by atoms with Crippen LogP contribution in [0.15, 0.2) is 36.8 Å². The molecule has 0 aliphatic heterocycles. The van der Waals surface area contributed by atoms with Crippen LogP contribution in [0.1, 0.15) is 47.6 Å². The maximum Gasteiger partial charge on any atom is 0.376 e. The lowest BCUT2D eigenvalue weighted by Crippen LogP contribution is -2.10. The van der Waals surface area contributed by atoms with Gasteiger partial charge >= 0.3 is 5.97 Å². The van der Waals surface area contributed by atoms with Crippen LogP contribution in [0, 0.1) is 0 Å². The van der Waals surface area contributed by atoms with Gasteiger partial charge in [0.2, 0.25) is 11.7 Å². The molecule has 0 radical (unpaired) electrons. The number of hydrogen-bond donors (Lipinski definition) is 1. The number of aromatic nitrogens is 4. The SMILES string of the molecule is CCOC(=O)c1nccc(OCc2cn3cc(C4CC4)ccc3n2)n1.O=CO. The number of ether oxygens (including phenoxy) is 2. The molecule has 3 aromatic heterocycles. The number of carbonyl (C=O) groups is 2. The van der Waals surface area contributed by atoms with Crippen LogP contribution >= 0.6 is 0 Å². The van der Waals surface area contributed by atoms with Gasteiger partial charge in [-0.05, 0) is 37.3 Å². The third kappa shape index (κ3) is 4.81. The first-order chi connectivity index (χ1) is 13.6. The maximum atomic E-state index is 11.7. The molecule has 0 aromatic carbocycles. The van der Waals surface area contributed by atoms with Gasteiger partial charge in [0.05, 0.1) is 12.3 Å². The predicted octanol–water partition coefficient (Wildman–Crippen LogP) is 2.46. The molecule has 4 rings (SSSR count). The van der Waals surface area contributed by atoms with Crippen LogP contribution < -0.4 is 4.74 Å². The molecule has 28 heavy (non-hydrogen) atoms. The van der Waals surface area contributed by atoms with Crippen molar-refractivity contribution in [3.63, 3.8) is 0 Å². The van der Waals surface area contributed by atoms with E-state index in [9.17, 15) is 4.79 Å². The van der Waals surface area contributed by atoms with Crippen LogP contribution in [0.25, 0.3) is 5.65 Å². The number of carboxylic acid groups (broad SMARTS) is 1. The Morgan fingerprint density at radius 3 is 2.79 bits per heavy atom. The summed E-state index contributed by atoms with van der Waals surface area (Å²) in [6.45, 7) is 2.02. The van der Waals surface area contributed by atoms with Crippen molar-refractivity contribution in [2.75, 3.05) is 6.61 Å². The molecule has 0 amide bonds. The molecule has 9 nitrogen and oxygen atoms in total. The second kappa shape index (κ2) is 8.94. The molecule has 1 aliphatic carbocycles. The Morgan fingerprint density at radius 1 is 1.29 bits per heavy atom. The summed E-state index contributed by atoms with van der Waals surface area (Å²) in [4.78, 5) is 32.5. The fourth-order valence-corrected chi connectivity index (χ4v) is 2.65. The monoisotopic (exact) mass is 384 g/mol. The maximum absolute atomic E-state index is 11.7. The number of fused-ring (bicyclic) bond motifs is 1. The van der Waals surface area contributed by atoms with Gasteiger partial charge in [0.25, 0.3) is 6.47 Å². The number of nitrogens with zero attached hydrogens (tertiary/aromatic N) is 4. The molecule has 0 unspecified atom stereocenters. The first kappa shape index (κ1) is 19.3. The zero-order valence-corrected chi connectivity index (χ0v) is 15.3. The molecule has 1 fully saturated rings. The van der Waals surface area contributed by atoms with Crippen molar-refractivity contribution in [3.8, 4) is 5.88 Å². The number of rotatable bonds is 6. The van der Waals surface area contributed by atoms with Gasteiger partial charge in [0.15, 0.2) is 0 Å². The molecule has 9 heteroatoms. The highest BCUT2D eigenvalue weighted by molar-refractivity contribution is 5.85. The smallest absolute Gasteiger partial charge is 0.376 e. The minimum absolute atomic E-state index is 0.0107. The molecule has 3 heterocycles. The van der Waals surface area contributed by atoms with Gasteiger partial charge in [-0.15, -0.1) is 0 Å². The first-order valence-corrected chi connectivity index (χ1v) is 8.83. The van der Waals surface area contributed by atoms with Crippen molar-refractivity contribution in [1.29, 1.82) is 0 Å². The highest BCUT2D eigenvalue weighted by Crippen LogP contribution is 2.39. The van der Waals surface area contributed by atoms with Crippen molar-refractivity contribution in [1.82, 2.24) is 19.4 Å². The minimum atomic E-state index is -0.562. The van der Waals surface area contributed by atoms with E-state index < -0.39 is 5.97 Å². The quantitative estimate of drug-likeness (QED) is 0.509. The number of esters is 1. The van der Waals surface area contributed by atoms with Gasteiger partial charge in [0, 0.05) is 24.7 Å². The molecule has 146 valence electrons. The Labute approximate surface area is 161 Å². The zero-order chi connectivity index (χ0) is 19.9. The lowest BCUT2D eigenvalue weighted by Gasteiger charge is -2.04. The molecule has 0 saturated heterocycles.